The average Bonchev–Trinajstić information content (AvgIpc) is 2.65. The number of aromatic nitrogens is 3. The first-order chi connectivity index (χ1) is 7.58. The Hall–Kier alpha value is -1.14. The van der Waals surface area contributed by atoms with E-state index in [0.717, 1.165) is 5.69 Å². The van der Waals surface area contributed by atoms with Crippen molar-refractivity contribution in [3.8, 4) is 0 Å². The molecule has 0 aliphatic carbocycles. The number of halogens is 2. The minimum atomic E-state index is -0.256. The summed E-state index contributed by atoms with van der Waals surface area (Å²) in [6.07, 6.45) is 1.37. The van der Waals surface area contributed by atoms with E-state index >= 15 is 0 Å². The van der Waals surface area contributed by atoms with Crippen molar-refractivity contribution in [2.24, 2.45) is 0 Å². The zero-order chi connectivity index (χ0) is 11.7. The minimum Gasteiger partial charge on any atom is -0.359 e. The quantitative estimate of drug-likeness (QED) is 0.796. The summed E-state index contributed by atoms with van der Waals surface area (Å²) in [5.74, 6) is 0.593. The second-order valence-electron chi connectivity index (χ2n) is 3.22. The number of aryl methyl sites for hydroxylation is 1. The molecule has 0 atom stereocenters. The van der Waals surface area contributed by atoms with E-state index in [0.29, 0.717) is 5.76 Å². The molecule has 0 radical (unpaired) electrons. The number of nitrogens with zero attached hydrogens (tertiary/aromatic N) is 3. The molecule has 0 aliphatic rings. The van der Waals surface area contributed by atoms with Crippen molar-refractivity contribution in [2.45, 2.75) is 13.5 Å². The smallest absolute Gasteiger partial charge is 0.269 e. The number of hydrogen-bond donors (Lipinski definition) is 0. The average molecular weight is 305 g/mol. The molecule has 16 heavy (non-hydrogen) atoms. The van der Waals surface area contributed by atoms with Gasteiger partial charge in [-0.3, -0.25) is 9.36 Å². The van der Waals surface area contributed by atoms with Crippen molar-refractivity contribution < 1.29 is 4.52 Å². The highest BCUT2D eigenvalue weighted by molar-refractivity contribution is 9.10. The zero-order valence-electron chi connectivity index (χ0n) is 8.28. The molecule has 0 saturated heterocycles. The molecule has 84 valence electrons. The van der Waals surface area contributed by atoms with Gasteiger partial charge in [0.05, 0.1) is 18.6 Å². The van der Waals surface area contributed by atoms with Crippen LogP contribution in [0, 0.1) is 6.92 Å². The molecule has 0 fully saturated rings. The SMILES string of the molecule is Cc1cc(Cn2cnc(Cl)c(Br)c2=O)on1. The third kappa shape index (κ3) is 2.17. The van der Waals surface area contributed by atoms with E-state index in [4.69, 9.17) is 16.1 Å². The molecule has 2 heterocycles. The predicted octanol–water partition coefficient (Wildman–Crippen LogP) is 2.00. The fourth-order valence-corrected chi connectivity index (χ4v) is 1.67. The molecular weight excluding hydrogens is 297 g/mol. The summed E-state index contributed by atoms with van der Waals surface area (Å²) in [7, 11) is 0. The predicted molar refractivity (Wildman–Crippen MR) is 61.5 cm³/mol. The van der Waals surface area contributed by atoms with E-state index in [1.165, 1.54) is 10.9 Å². The summed E-state index contributed by atoms with van der Waals surface area (Å²) in [6, 6.07) is 1.76. The molecule has 0 N–H and O–H groups in total. The molecule has 7 heteroatoms. The Bertz CT molecular complexity index is 578. The highest BCUT2D eigenvalue weighted by Crippen LogP contribution is 2.14. The molecular formula is C9H7BrClN3O2. The van der Waals surface area contributed by atoms with E-state index in [2.05, 4.69) is 26.1 Å². The van der Waals surface area contributed by atoms with Gasteiger partial charge in [0.25, 0.3) is 5.56 Å². The Balaban J connectivity index is 2.36. The van der Waals surface area contributed by atoms with Crippen LogP contribution in [0.2, 0.25) is 5.15 Å². The van der Waals surface area contributed by atoms with Gasteiger partial charge >= 0.3 is 0 Å². The van der Waals surface area contributed by atoms with Gasteiger partial charge in [-0.15, -0.1) is 0 Å². The van der Waals surface area contributed by atoms with Gasteiger partial charge in [0.15, 0.2) is 10.9 Å². The van der Waals surface area contributed by atoms with Crippen LogP contribution in [-0.2, 0) is 6.54 Å². The Morgan fingerprint density at radius 3 is 3.00 bits per heavy atom. The molecule has 2 aromatic rings. The summed E-state index contributed by atoms with van der Waals surface area (Å²) in [5, 5.41) is 3.88. The summed E-state index contributed by atoms with van der Waals surface area (Å²) in [5.41, 5.74) is 0.512. The van der Waals surface area contributed by atoms with Crippen LogP contribution in [0.25, 0.3) is 0 Å². The molecule has 0 amide bonds. The van der Waals surface area contributed by atoms with Gasteiger partial charge < -0.3 is 4.52 Å². The van der Waals surface area contributed by atoms with Crippen LogP contribution in [0.3, 0.4) is 0 Å². The molecule has 0 aliphatic heterocycles. The van der Waals surface area contributed by atoms with E-state index < -0.39 is 0 Å². The standard InChI is InChI=1S/C9H7BrClN3O2/c1-5-2-6(16-13-5)3-14-4-12-8(11)7(10)9(14)15/h2,4H,3H2,1H3. The maximum Gasteiger partial charge on any atom is 0.269 e. The van der Waals surface area contributed by atoms with Crippen LogP contribution in [0.1, 0.15) is 11.5 Å². The normalized spacial score (nSPS) is 10.7. The van der Waals surface area contributed by atoms with Gasteiger partial charge in [-0.05, 0) is 22.9 Å². The molecule has 0 spiro atoms. The first-order valence-corrected chi connectivity index (χ1v) is 5.57. The number of hydrogen-bond acceptors (Lipinski definition) is 4. The van der Waals surface area contributed by atoms with Crippen LogP contribution in [0.15, 0.2) is 26.2 Å². The lowest BCUT2D eigenvalue weighted by molar-refractivity contribution is 0.371. The van der Waals surface area contributed by atoms with Gasteiger partial charge in [-0.25, -0.2) is 4.98 Å². The van der Waals surface area contributed by atoms with Gasteiger partial charge in [0, 0.05) is 6.07 Å². The van der Waals surface area contributed by atoms with E-state index in [9.17, 15) is 4.79 Å². The van der Waals surface area contributed by atoms with Crippen molar-refractivity contribution in [3.63, 3.8) is 0 Å². The van der Waals surface area contributed by atoms with Crippen molar-refractivity contribution in [3.05, 3.63) is 43.8 Å². The van der Waals surface area contributed by atoms with Crippen LogP contribution in [0.4, 0.5) is 0 Å². The first-order valence-electron chi connectivity index (χ1n) is 4.40. The maximum atomic E-state index is 11.7. The molecule has 0 saturated carbocycles. The van der Waals surface area contributed by atoms with Crippen LogP contribution >= 0.6 is 27.5 Å². The Morgan fingerprint density at radius 2 is 2.38 bits per heavy atom. The first kappa shape index (κ1) is 11.3. The minimum absolute atomic E-state index is 0.148. The van der Waals surface area contributed by atoms with Gasteiger partial charge in [0.2, 0.25) is 0 Å². The van der Waals surface area contributed by atoms with E-state index in [-0.39, 0.29) is 21.7 Å². The monoisotopic (exact) mass is 303 g/mol. The Kier molecular flexibility index (Phi) is 3.11. The largest absolute Gasteiger partial charge is 0.359 e. The maximum absolute atomic E-state index is 11.7. The molecule has 0 bridgehead atoms. The zero-order valence-corrected chi connectivity index (χ0v) is 10.6. The summed E-state index contributed by atoms with van der Waals surface area (Å²) < 4.78 is 6.64. The lowest BCUT2D eigenvalue weighted by Crippen LogP contribution is -2.21. The van der Waals surface area contributed by atoms with Crippen LogP contribution in [-0.4, -0.2) is 14.7 Å². The molecule has 0 aromatic carbocycles. The Morgan fingerprint density at radius 1 is 1.62 bits per heavy atom. The molecule has 0 unspecified atom stereocenters. The fourth-order valence-electron chi connectivity index (χ4n) is 1.22. The highest BCUT2D eigenvalue weighted by atomic mass is 79.9. The second kappa shape index (κ2) is 4.39. The summed E-state index contributed by atoms with van der Waals surface area (Å²) in [6.45, 7) is 2.09. The van der Waals surface area contributed by atoms with Crippen molar-refractivity contribution in [1.82, 2.24) is 14.7 Å². The molecule has 2 rings (SSSR count). The lowest BCUT2D eigenvalue weighted by Gasteiger charge is -2.02. The van der Waals surface area contributed by atoms with Crippen molar-refractivity contribution in [1.29, 1.82) is 0 Å². The van der Waals surface area contributed by atoms with Crippen LogP contribution < -0.4 is 5.56 Å². The third-order valence-corrected chi connectivity index (χ3v) is 3.17. The summed E-state index contributed by atoms with van der Waals surface area (Å²) in [4.78, 5) is 15.6. The van der Waals surface area contributed by atoms with E-state index in [1.807, 2.05) is 6.92 Å². The van der Waals surface area contributed by atoms with Gasteiger partial charge in [0.1, 0.15) is 4.47 Å². The van der Waals surface area contributed by atoms with Gasteiger partial charge in [-0.2, -0.15) is 0 Å². The van der Waals surface area contributed by atoms with Gasteiger partial charge in [-0.1, -0.05) is 16.8 Å². The fraction of sp³-hybridized carbons (Fsp3) is 0.222. The third-order valence-electron chi connectivity index (χ3n) is 1.94. The van der Waals surface area contributed by atoms with Crippen LogP contribution in [0.5, 0.6) is 0 Å². The van der Waals surface area contributed by atoms with E-state index in [1.54, 1.807) is 6.07 Å². The van der Waals surface area contributed by atoms with Crippen molar-refractivity contribution in [2.75, 3.05) is 0 Å². The Labute approximate surface area is 104 Å². The summed E-state index contributed by atoms with van der Waals surface area (Å²) >= 11 is 8.76. The molecule has 2 aromatic heterocycles. The molecule has 5 nitrogen and oxygen atoms in total. The second-order valence-corrected chi connectivity index (χ2v) is 4.37. The number of rotatable bonds is 2. The van der Waals surface area contributed by atoms with Crippen molar-refractivity contribution >= 4 is 27.5 Å². The highest BCUT2D eigenvalue weighted by Gasteiger charge is 2.09. The topological polar surface area (TPSA) is 60.9 Å². The lowest BCUT2D eigenvalue weighted by atomic mass is 10.4.